The predicted octanol–water partition coefficient (Wildman–Crippen LogP) is 2.96. The summed E-state index contributed by atoms with van der Waals surface area (Å²) >= 11 is 0. The molecule has 1 nitrogen and oxygen atoms in total. The van der Waals surface area contributed by atoms with Gasteiger partial charge in [-0.3, -0.25) is 4.79 Å². The molecule has 0 aromatic rings. The number of carbonyl (C=O) groups excluding carboxylic acids is 1. The van der Waals surface area contributed by atoms with Gasteiger partial charge in [0.15, 0.2) is 0 Å². The minimum absolute atomic E-state index is 0.211. The number of Topliss-reactive ketones (excluding diaryl/α,β-unsaturated/α-hetero) is 1. The second-order valence-electron chi connectivity index (χ2n) is 3.02. The molecule has 0 amide bonds. The summed E-state index contributed by atoms with van der Waals surface area (Å²) in [5, 5.41) is 0. The fourth-order valence-corrected chi connectivity index (χ4v) is 1.07. The molecule has 0 heterocycles. The number of rotatable bonds is 5. The molecule has 0 radical (unpaired) electrons. The Labute approximate surface area is 69.5 Å². The number of hydrogen-bond donors (Lipinski definition) is 0. The molecule has 0 aliphatic carbocycles. The van der Waals surface area contributed by atoms with E-state index >= 15 is 0 Å². The van der Waals surface area contributed by atoms with Gasteiger partial charge in [-0.25, -0.2) is 0 Å². The molecule has 0 aromatic heterocycles. The Morgan fingerprint density at radius 2 is 2.00 bits per heavy atom. The Kier molecular flexibility index (Phi) is 4.84. The molecule has 0 bridgehead atoms. The molecule has 1 heteroatoms. The molecule has 0 aliphatic heterocycles. The van der Waals surface area contributed by atoms with Crippen molar-refractivity contribution in [1.82, 2.24) is 0 Å². The van der Waals surface area contributed by atoms with Crippen LogP contribution in [0.3, 0.4) is 0 Å². The SMILES string of the molecule is C=C(CC)CC(CC)C(C)=O. The zero-order chi connectivity index (χ0) is 8.85. The first-order chi connectivity index (χ1) is 5.11. The van der Waals surface area contributed by atoms with Gasteiger partial charge in [0, 0.05) is 5.92 Å². The van der Waals surface area contributed by atoms with Crippen LogP contribution in [0.15, 0.2) is 12.2 Å². The van der Waals surface area contributed by atoms with E-state index in [1.54, 1.807) is 6.92 Å². The molecule has 1 unspecified atom stereocenters. The summed E-state index contributed by atoms with van der Waals surface area (Å²) in [6.45, 7) is 9.68. The topological polar surface area (TPSA) is 17.1 Å². The van der Waals surface area contributed by atoms with Crippen molar-refractivity contribution in [3.63, 3.8) is 0 Å². The van der Waals surface area contributed by atoms with Crippen molar-refractivity contribution in [3.05, 3.63) is 12.2 Å². The Hall–Kier alpha value is -0.590. The summed E-state index contributed by atoms with van der Waals surface area (Å²) in [5.74, 6) is 0.504. The highest BCUT2D eigenvalue weighted by atomic mass is 16.1. The zero-order valence-corrected chi connectivity index (χ0v) is 7.81. The van der Waals surface area contributed by atoms with Crippen LogP contribution in [0, 0.1) is 5.92 Å². The van der Waals surface area contributed by atoms with Crippen LogP contribution < -0.4 is 0 Å². The van der Waals surface area contributed by atoms with Gasteiger partial charge in [0.05, 0.1) is 0 Å². The van der Waals surface area contributed by atoms with Gasteiger partial charge in [0.25, 0.3) is 0 Å². The van der Waals surface area contributed by atoms with E-state index in [9.17, 15) is 4.79 Å². The van der Waals surface area contributed by atoms with Crippen LogP contribution in [0.5, 0.6) is 0 Å². The molecular weight excluding hydrogens is 136 g/mol. The number of allylic oxidation sites excluding steroid dienone is 1. The van der Waals surface area contributed by atoms with Crippen LogP contribution in [0.2, 0.25) is 0 Å². The molecule has 64 valence electrons. The van der Waals surface area contributed by atoms with E-state index in [0.29, 0.717) is 5.78 Å². The quantitative estimate of drug-likeness (QED) is 0.556. The van der Waals surface area contributed by atoms with Crippen LogP contribution in [-0.2, 0) is 4.79 Å². The van der Waals surface area contributed by atoms with Crippen molar-refractivity contribution in [1.29, 1.82) is 0 Å². The van der Waals surface area contributed by atoms with E-state index in [0.717, 1.165) is 19.3 Å². The molecule has 0 aliphatic rings. The maximum absolute atomic E-state index is 11.0. The number of carbonyl (C=O) groups is 1. The highest BCUT2D eigenvalue weighted by molar-refractivity contribution is 5.78. The second kappa shape index (κ2) is 5.11. The van der Waals surface area contributed by atoms with E-state index in [2.05, 4.69) is 20.4 Å². The highest BCUT2D eigenvalue weighted by Crippen LogP contribution is 2.16. The lowest BCUT2D eigenvalue weighted by atomic mass is 9.93. The molecule has 0 saturated heterocycles. The van der Waals surface area contributed by atoms with Crippen LogP contribution in [0.25, 0.3) is 0 Å². The first-order valence-corrected chi connectivity index (χ1v) is 4.28. The van der Waals surface area contributed by atoms with Crippen molar-refractivity contribution in [2.45, 2.75) is 40.0 Å². The fraction of sp³-hybridized carbons (Fsp3) is 0.700. The van der Waals surface area contributed by atoms with Gasteiger partial charge in [-0.1, -0.05) is 26.0 Å². The maximum atomic E-state index is 11.0. The zero-order valence-electron chi connectivity index (χ0n) is 7.81. The lowest BCUT2D eigenvalue weighted by Gasteiger charge is -2.11. The van der Waals surface area contributed by atoms with Crippen molar-refractivity contribution in [2.24, 2.45) is 5.92 Å². The lowest BCUT2D eigenvalue weighted by Crippen LogP contribution is -2.09. The normalized spacial score (nSPS) is 12.6. The maximum Gasteiger partial charge on any atom is 0.133 e. The van der Waals surface area contributed by atoms with E-state index in [4.69, 9.17) is 0 Å². The molecule has 11 heavy (non-hydrogen) atoms. The minimum Gasteiger partial charge on any atom is -0.300 e. The molecular formula is C10H18O. The molecule has 0 saturated carbocycles. The molecule has 1 atom stereocenters. The first kappa shape index (κ1) is 10.4. The van der Waals surface area contributed by atoms with E-state index < -0.39 is 0 Å². The average Bonchev–Trinajstić information content (AvgIpc) is 1.99. The van der Waals surface area contributed by atoms with Gasteiger partial charge < -0.3 is 0 Å². The van der Waals surface area contributed by atoms with E-state index in [-0.39, 0.29) is 5.92 Å². The van der Waals surface area contributed by atoms with Crippen molar-refractivity contribution in [3.8, 4) is 0 Å². The van der Waals surface area contributed by atoms with Gasteiger partial charge in [-0.05, 0) is 26.2 Å². The van der Waals surface area contributed by atoms with E-state index in [1.807, 2.05) is 0 Å². The van der Waals surface area contributed by atoms with Crippen LogP contribution in [-0.4, -0.2) is 5.78 Å². The number of ketones is 1. The molecule has 0 rings (SSSR count). The second-order valence-corrected chi connectivity index (χ2v) is 3.02. The fourth-order valence-electron chi connectivity index (χ4n) is 1.07. The summed E-state index contributed by atoms with van der Waals surface area (Å²) in [7, 11) is 0. The third-order valence-electron chi connectivity index (χ3n) is 2.10. The Morgan fingerprint density at radius 3 is 2.27 bits per heavy atom. The monoisotopic (exact) mass is 154 g/mol. The summed E-state index contributed by atoms with van der Waals surface area (Å²) < 4.78 is 0. The Bertz CT molecular complexity index is 147. The van der Waals surface area contributed by atoms with Gasteiger partial charge in [0.1, 0.15) is 5.78 Å². The minimum atomic E-state index is 0.211. The lowest BCUT2D eigenvalue weighted by molar-refractivity contribution is -0.120. The van der Waals surface area contributed by atoms with Crippen molar-refractivity contribution in [2.75, 3.05) is 0 Å². The first-order valence-electron chi connectivity index (χ1n) is 4.28. The van der Waals surface area contributed by atoms with Gasteiger partial charge >= 0.3 is 0 Å². The molecule has 0 spiro atoms. The summed E-state index contributed by atoms with van der Waals surface area (Å²) in [5.41, 5.74) is 1.19. The summed E-state index contributed by atoms with van der Waals surface area (Å²) in [4.78, 5) is 11.0. The van der Waals surface area contributed by atoms with Crippen LogP contribution in [0.1, 0.15) is 40.0 Å². The predicted molar refractivity (Wildman–Crippen MR) is 48.5 cm³/mol. The number of hydrogen-bond acceptors (Lipinski definition) is 1. The highest BCUT2D eigenvalue weighted by Gasteiger charge is 2.11. The van der Waals surface area contributed by atoms with Crippen LogP contribution in [0.4, 0.5) is 0 Å². The third kappa shape index (κ3) is 3.97. The Morgan fingerprint density at radius 1 is 1.45 bits per heavy atom. The molecule has 0 N–H and O–H groups in total. The van der Waals surface area contributed by atoms with Crippen LogP contribution >= 0.6 is 0 Å². The molecule has 0 aromatic carbocycles. The van der Waals surface area contributed by atoms with Gasteiger partial charge in [0.2, 0.25) is 0 Å². The summed E-state index contributed by atoms with van der Waals surface area (Å²) in [6.07, 6.45) is 2.81. The Balaban J connectivity index is 3.88. The summed E-state index contributed by atoms with van der Waals surface area (Å²) in [6, 6.07) is 0. The average molecular weight is 154 g/mol. The third-order valence-corrected chi connectivity index (χ3v) is 2.10. The molecule has 0 fully saturated rings. The van der Waals surface area contributed by atoms with Gasteiger partial charge in [-0.2, -0.15) is 0 Å². The largest absolute Gasteiger partial charge is 0.300 e. The van der Waals surface area contributed by atoms with E-state index in [1.165, 1.54) is 5.57 Å². The van der Waals surface area contributed by atoms with Crippen molar-refractivity contribution >= 4 is 5.78 Å². The smallest absolute Gasteiger partial charge is 0.133 e. The standard InChI is InChI=1S/C10H18O/c1-5-8(3)7-10(6-2)9(4)11/h10H,3,5-7H2,1-2,4H3. The van der Waals surface area contributed by atoms with Crippen molar-refractivity contribution < 1.29 is 4.79 Å². The van der Waals surface area contributed by atoms with Gasteiger partial charge in [-0.15, -0.1) is 0 Å².